The molecule has 2 saturated heterocycles. The largest absolute Gasteiger partial charge is 0.308 e. The minimum atomic E-state index is -3.15. The molecule has 1 atom stereocenters. The topological polar surface area (TPSA) is 74.8 Å². The van der Waals surface area contributed by atoms with Crippen LogP contribution in [0.25, 0.3) is 5.57 Å². The van der Waals surface area contributed by atoms with Crippen molar-refractivity contribution in [2.45, 2.75) is 32.2 Å². The molecule has 0 spiro atoms. The van der Waals surface area contributed by atoms with Crippen LogP contribution in [-0.2, 0) is 19.4 Å². The normalized spacial score (nSPS) is 26.5. The molecule has 3 aliphatic heterocycles. The van der Waals surface area contributed by atoms with Gasteiger partial charge in [0.1, 0.15) is 4.32 Å². The van der Waals surface area contributed by atoms with E-state index in [0.717, 1.165) is 35.9 Å². The third-order valence-electron chi connectivity index (χ3n) is 5.26. The number of carbonyl (C=O) groups excluding carboxylic acids is 2. The summed E-state index contributed by atoms with van der Waals surface area (Å²) in [5.74, 6) is -0.552. The lowest BCUT2D eigenvalue weighted by Crippen LogP contribution is -2.39. The fourth-order valence-electron chi connectivity index (χ4n) is 3.86. The van der Waals surface area contributed by atoms with Crippen molar-refractivity contribution in [1.82, 2.24) is 4.90 Å². The highest BCUT2D eigenvalue weighted by atomic mass is 32.2. The lowest BCUT2D eigenvalue weighted by Gasteiger charge is -2.21. The first-order chi connectivity index (χ1) is 13.3. The van der Waals surface area contributed by atoms with Crippen LogP contribution in [0.3, 0.4) is 0 Å². The number of sulfone groups is 1. The molecule has 1 unspecified atom stereocenters. The molecule has 2 fully saturated rings. The van der Waals surface area contributed by atoms with Crippen molar-refractivity contribution in [2.24, 2.45) is 0 Å². The van der Waals surface area contributed by atoms with Gasteiger partial charge in [-0.2, -0.15) is 0 Å². The Kier molecular flexibility index (Phi) is 5.09. The number of thiocarbonyl (C=S) groups is 1. The Bertz CT molecular complexity index is 1020. The van der Waals surface area contributed by atoms with E-state index in [1.54, 1.807) is 4.90 Å². The molecule has 0 saturated carbocycles. The highest BCUT2D eigenvalue weighted by Crippen LogP contribution is 2.45. The molecule has 1 aromatic carbocycles. The van der Waals surface area contributed by atoms with Crippen LogP contribution in [0.15, 0.2) is 29.2 Å². The number of carbonyl (C=O) groups is 2. The molecule has 3 aliphatic rings. The Morgan fingerprint density at radius 3 is 2.64 bits per heavy atom. The summed E-state index contributed by atoms with van der Waals surface area (Å²) in [6.45, 7) is 2.66. The van der Waals surface area contributed by atoms with Gasteiger partial charge in [-0.25, -0.2) is 8.42 Å². The predicted octanol–water partition coefficient (Wildman–Crippen LogP) is 2.59. The Balaban J connectivity index is 1.74. The third-order valence-corrected chi connectivity index (χ3v) is 8.41. The Morgan fingerprint density at radius 2 is 1.96 bits per heavy atom. The number of fused-ring (bicyclic) bond motifs is 1. The van der Waals surface area contributed by atoms with Crippen LogP contribution in [0.2, 0.25) is 0 Å². The molecular weight excluding hydrogens is 416 g/mol. The van der Waals surface area contributed by atoms with E-state index in [-0.39, 0.29) is 23.3 Å². The van der Waals surface area contributed by atoms with Gasteiger partial charge in [0.05, 0.1) is 33.7 Å². The number of thioether (sulfide) groups is 1. The van der Waals surface area contributed by atoms with Crippen LogP contribution in [0, 0.1) is 0 Å². The van der Waals surface area contributed by atoms with Crippen LogP contribution in [-0.4, -0.2) is 53.5 Å². The van der Waals surface area contributed by atoms with E-state index < -0.39 is 15.9 Å². The van der Waals surface area contributed by atoms with Crippen LogP contribution in [0.5, 0.6) is 0 Å². The average molecular weight is 437 g/mol. The minimum absolute atomic E-state index is 0.0627. The number of hydrogen-bond donors (Lipinski definition) is 0. The second-order valence-electron chi connectivity index (χ2n) is 7.13. The monoisotopic (exact) mass is 436 g/mol. The zero-order valence-electron chi connectivity index (χ0n) is 15.4. The summed E-state index contributed by atoms with van der Waals surface area (Å²) < 4.78 is 24.0. The third kappa shape index (κ3) is 3.19. The Hall–Kier alpha value is -1.71. The quantitative estimate of drug-likeness (QED) is 0.534. The second kappa shape index (κ2) is 7.27. The minimum Gasteiger partial charge on any atom is -0.308 e. The summed E-state index contributed by atoms with van der Waals surface area (Å²) in [5, 5.41) is 0. The molecule has 0 bridgehead atoms. The van der Waals surface area contributed by atoms with Gasteiger partial charge in [0.2, 0.25) is 0 Å². The first-order valence-electron chi connectivity index (χ1n) is 9.25. The summed E-state index contributed by atoms with van der Waals surface area (Å²) in [7, 11) is -3.15. The number of amides is 2. The van der Waals surface area contributed by atoms with Crippen molar-refractivity contribution < 1.29 is 18.0 Å². The Labute approximate surface area is 173 Å². The molecule has 3 heterocycles. The van der Waals surface area contributed by atoms with Gasteiger partial charge < -0.3 is 4.90 Å². The fourth-order valence-corrected chi connectivity index (χ4v) is 7.03. The van der Waals surface area contributed by atoms with Gasteiger partial charge in [-0.15, -0.1) is 0 Å². The smallest absolute Gasteiger partial charge is 0.267 e. The number of rotatable bonds is 4. The average Bonchev–Trinajstić information content (AvgIpc) is 3.24. The van der Waals surface area contributed by atoms with E-state index in [9.17, 15) is 18.0 Å². The lowest BCUT2D eigenvalue weighted by atomic mass is 10.1. The highest BCUT2D eigenvalue weighted by Gasteiger charge is 2.46. The molecule has 6 nitrogen and oxygen atoms in total. The van der Waals surface area contributed by atoms with Crippen molar-refractivity contribution in [3.63, 3.8) is 0 Å². The Morgan fingerprint density at radius 1 is 1.21 bits per heavy atom. The van der Waals surface area contributed by atoms with Crippen LogP contribution < -0.4 is 4.90 Å². The highest BCUT2D eigenvalue weighted by molar-refractivity contribution is 8.26. The summed E-state index contributed by atoms with van der Waals surface area (Å²) in [4.78, 5) is 29.8. The molecule has 28 heavy (non-hydrogen) atoms. The van der Waals surface area contributed by atoms with Crippen molar-refractivity contribution in [1.29, 1.82) is 0 Å². The maximum Gasteiger partial charge on any atom is 0.267 e. The molecule has 0 N–H and O–H groups in total. The van der Waals surface area contributed by atoms with Crippen LogP contribution >= 0.6 is 24.0 Å². The lowest BCUT2D eigenvalue weighted by molar-refractivity contribution is -0.123. The number of unbranched alkanes of at least 4 members (excludes halogenated alkanes) is 1. The van der Waals surface area contributed by atoms with Gasteiger partial charge in [-0.3, -0.25) is 14.5 Å². The molecule has 2 amide bonds. The number of benzene rings is 1. The SMILES string of the molecule is CCCCN1C(=O)/C(=C2\SC(=S)N(C3CCS(=O)(=O)C3)C2=O)c2ccccc21. The van der Waals surface area contributed by atoms with E-state index in [0.29, 0.717) is 27.8 Å². The molecular formula is C19H20N2O4S3. The summed E-state index contributed by atoms with van der Waals surface area (Å²) >= 11 is 6.50. The zero-order valence-corrected chi connectivity index (χ0v) is 17.8. The van der Waals surface area contributed by atoms with E-state index in [1.165, 1.54) is 4.90 Å². The molecule has 1 aromatic rings. The van der Waals surface area contributed by atoms with Gasteiger partial charge in [-0.05, 0) is 18.9 Å². The summed E-state index contributed by atoms with van der Waals surface area (Å²) in [6, 6.07) is 7.02. The molecule has 0 aromatic heterocycles. The van der Waals surface area contributed by atoms with Crippen molar-refractivity contribution in [3.8, 4) is 0 Å². The van der Waals surface area contributed by atoms with Crippen molar-refractivity contribution >= 4 is 61.2 Å². The van der Waals surface area contributed by atoms with Gasteiger partial charge in [0.15, 0.2) is 9.84 Å². The van der Waals surface area contributed by atoms with Crippen LogP contribution in [0.4, 0.5) is 5.69 Å². The van der Waals surface area contributed by atoms with Gasteiger partial charge >= 0.3 is 0 Å². The first kappa shape index (κ1) is 19.6. The standard InChI is InChI=1S/C19H20N2O4S3/c1-2-3-9-20-14-7-5-4-6-13(14)15(17(20)22)16-18(23)21(19(26)27-16)12-8-10-28(24,25)11-12/h4-7,12H,2-3,8-11H2,1H3/b16-15-. The van der Waals surface area contributed by atoms with Gasteiger partial charge in [0, 0.05) is 12.1 Å². The second-order valence-corrected chi connectivity index (χ2v) is 11.0. The summed E-state index contributed by atoms with van der Waals surface area (Å²) in [5.41, 5.74) is 1.93. The maximum absolute atomic E-state index is 13.2. The van der Waals surface area contributed by atoms with E-state index in [4.69, 9.17) is 12.2 Å². The zero-order chi connectivity index (χ0) is 20.1. The number of hydrogen-bond acceptors (Lipinski definition) is 6. The van der Waals surface area contributed by atoms with Crippen molar-refractivity contribution in [3.05, 3.63) is 34.7 Å². The van der Waals surface area contributed by atoms with E-state index >= 15 is 0 Å². The van der Waals surface area contributed by atoms with Crippen molar-refractivity contribution in [2.75, 3.05) is 23.0 Å². The summed E-state index contributed by atoms with van der Waals surface area (Å²) in [6.07, 6.45) is 2.21. The van der Waals surface area contributed by atoms with E-state index in [2.05, 4.69) is 6.92 Å². The number of para-hydroxylation sites is 1. The number of nitrogens with zero attached hydrogens (tertiary/aromatic N) is 2. The number of anilines is 1. The molecule has 9 heteroatoms. The fraction of sp³-hybridized carbons (Fsp3) is 0.421. The maximum atomic E-state index is 13.2. The van der Waals surface area contributed by atoms with E-state index in [1.807, 2.05) is 24.3 Å². The van der Waals surface area contributed by atoms with Gasteiger partial charge in [-0.1, -0.05) is 55.5 Å². The molecule has 0 aliphatic carbocycles. The van der Waals surface area contributed by atoms with Crippen LogP contribution in [0.1, 0.15) is 31.7 Å². The predicted molar refractivity (Wildman–Crippen MR) is 115 cm³/mol. The molecule has 0 radical (unpaired) electrons. The molecule has 4 rings (SSSR count). The first-order valence-corrected chi connectivity index (χ1v) is 12.3. The van der Waals surface area contributed by atoms with Gasteiger partial charge in [0.25, 0.3) is 11.8 Å². The molecule has 148 valence electrons.